The summed E-state index contributed by atoms with van der Waals surface area (Å²) >= 11 is 1.74. The number of amides is 1. The van der Waals surface area contributed by atoms with Gasteiger partial charge in [0, 0.05) is 50.9 Å². The van der Waals surface area contributed by atoms with E-state index in [1.54, 1.807) is 16.7 Å². The van der Waals surface area contributed by atoms with Crippen LogP contribution in [-0.2, 0) is 13.0 Å². The molecule has 1 amide bonds. The van der Waals surface area contributed by atoms with E-state index in [2.05, 4.69) is 14.9 Å². The van der Waals surface area contributed by atoms with Gasteiger partial charge in [-0.2, -0.15) is 0 Å². The molecular formula is C24H26N4O2S. The number of rotatable bonds is 7. The highest BCUT2D eigenvalue weighted by Gasteiger charge is 2.22. The predicted molar refractivity (Wildman–Crippen MR) is 122 cm³/mol. The van der Waals surface area contributed by atoms with Crippen molar-refractivity contribution < 1.29 is 9.53 Å². The number of aromatic nitrogens is 2. The first-order valence-electron chi connectivity index (χ1n) is 10.5. The SMILES string of the molecule is O=C(Oc1ccc(CCSc2ccccn2)cc1)N1CCN(Cc2ccccn2)CC1. The maximum absolute atomic E-state index is 12.5. The van der Waals surface area contributed by atoms with E-state index in [0.29, 0.717) is 18.8 Å². The van der Waals surface area contributed by atoms with Gasteiger partial charge in [0.05, 0.1) is 10.7 Å². The van der Waals surface area contributed by atoms with E-state index in [4.69, 9.17) is 4.74 Å². The van der Waals surface area contributed by atoms with E-state index in [9.17, 15) is 4.79 Å². The van der Waals surface area contributed by atoms with Crippen LogP contribution in [0.4, 0.5) is 4.79 Å². The molecule has 2 aromatic heterocycles. The fourth-order valence-electron chi connectivity index (χ4n) is 3.40. The Hall–Kier alpha value is -2.90. The van der Waals surface area contributed by atoms with Gasteiger partial charge in [0.15, 0.2) is 0 Å². The van der Waals surface area contributed by atoms with Crippen molar-refractivity contribution in [2.24, 2.45) is 0 Å². The number of aryl methyl sites for hydroxylation is 1. The summed E-state index contributed by atoms with van der Waals surface area (Å²) in [5.41, 5.74) is 2.27. The lowest BCUT2D eigenvalue weighted by molar-refractivity contribution is 0.107. The van der Waals surface area contributed by atoms with Crippen molar-refractivity contribution in [3.63, 3.8) is 0 Å². The third-order valence-electron chi connectivity index (χ3n) is 5.15. The molecule has 160 valence electrons. The van der Waals surface area contributed by atoms with Crippen LogP contribution in [0.25, 0.3) is 0 Å². The van der Waals surface area contributed by atoms with Crippen LogP contribution >= 0.6 is 11.8 Å². The molecule has 1 fully saturated rings. The Bertz CT molecular complexity index is 946. The average molecular weight is 435 g/mol. The summed E-state index contributed by atoms with van der Waals surface area (Å²) in [6.45, 7) is 3.77. The molecule has 1 saturated heterocycles. The van der Waals surface area contributed by atoms with Crippen LogP contribution in [0.3, 0.4) is 0 Å². The van der Waals surface area contributed by atoms with E-state index in [0.717, 1.165) is 42.5 Å². The number of hydrogen-bond donors (Lipinski definition) is 0. The Labute approximate surface area is 187 Å². The van der Waals surface area contributed by atoms with Gasteiger partial charge in [-0.1, -0.05) is 24.3 Å². The molecule has 0 N–H and O–H groups in total. The van der Waals surface area contributed by atoms with Crippen LogP contribution in [-0.4, -0.2) is 57.8 Å². The molecule has 0 saturated carbocycles. The highest BCUT2D eigenvalue weighted by molar-refractivity contribution is 7.99. The molecule has 4 rings (SSSR count). The van der Waals surface area contributed by atoms with E-state index >= 15 is 0 Å². The predicted octanol–water partition coefficient (Wildman–Crippen LogP) is 4.13. The minimum absolute atomic E-state index is 0.282. The smallest absolute Gasteiger partial charge is 0.410 e. The zero-order chi connectivity index (χ0) is 21.3. The second kappa shape index (κ2) is 10.9. The van der Waals surface area contributed by atoms with Crippen molar-refractivity contribution in [3.8, 4) is 5.75 Å². The maximum Gasteiger partial charge on any atom is 0.415 e. The lowest BCUT2D eigenvalue weighted by atomic mass is 10.2. The van der Waals surface area contributed by atoms with Crippen molar-refractivity contribution in [2.45, 2.75) is 18.0 Å². The van der Waals surface area contributed by atoms with Gasteiger partial charge in [-0.25, -0.2) is 9.78 Å². The number of ether oxygens (including phenoxy) is 1. The lowest BCUT2D eigenvalue weighted by Crippen LogP contribution is -2.49. The molecule has 31 heavy (non-hydrogen) atoms. The van der Waals surface area contributed by atoms with Crippen molar-refractivity contribution in [1.29, 1.82) is 0 Å². The van der Waals surface area contributed by atoms with Crippen molar-refractivity contribution in [3.05, 3.63) is 84.3 Å². The molecule has 0 spiro atoms. The van der Waals surface area contributed by atoms with Crippen LogP contribution in [0.15, 0.2) is 78.1 Å². The summed E-state index contributed by atoms with van der Waals surface area (Å²) in [6, 6.07) is 19.7. The molecule has 0 radical (unpaired) electrons. The number of hydrogen-bond acceptors (Lipinski definition) is 6. The summed E-state index contributed by atoms with van der Waals surface area (Å²) in [4.78, 5) is 25.3. The molecule has 6 nitrogen and oxygen atoms in total. The summed E-state index contributed by atoms with van der Waals surface area (Å²) in [6.07, 6.45) is 4.28. The van der Waals surface area contributed by atoms with Gasteiger partial charge in [-0.15, -0.1) is 11.8 Å². The van der Waals surface area contributed by atoms with Gasteiger partial charge in [0.2, 0.25) is 0 Å². The Morgan fingerprint density at radius 3 is 2.32 bits per heavy atom. The van der Waals surface area contributed by atoms with Crippen molar-refractivity contribution in [2.75, 3.05) is 31.9 Å². The molecule has 7 heteroatoms. The van der Waals surface area contributed by atoms with E-state index in [1.165, 1.54) is 5.56 Å². The highest BCUT2D eigenvalue weighted by Crippen LogP contribution is 2.19. The van der Waals surface area contributed by atoms with Crippen LogP contribution in [0.5, 0.6) is 5.75 Å². The molecule has 3 heterocycles. The molecule has 0 unspecified atom stereocenters. The minimum Gasteiger partial charge on any atom is -0.410 e. The van der Waals surface area contributed by atoms with Crippen LogP contribution < -0.4 is 4.74 Å². The van der Waals surface area contributed by atoms with Gasteiger partial charge in [0.1, 0.15) is 5.75 Å². The highest BCUT2D eigenvalue weighted by atomic mass is 32.2. The molecule has 3 aromatic rings. The van der Waals surface area contributed by atoms with Crippen molar-refractivity contribution >= 4 is 17.9 Å². The fourth-order valence-corrected chi connectivity index (χ4v) is 4.26. The Kier molecular flexibility index (Phi) is 7.52. The number of carbonyl (C=O) groups excluding carboxylic acids is 1. The molecule has 0 bridgehead atoms. The largest absolute Gasteiger partial charge is 0.415 e. The Balaban J connectivity index is 1.19. The second-order valence-corrected chi connectivity index (χ2v) is 8.48. The lowest BCUT2D eigenvalue weighted by Gasteiger charge is -2.33. The molecule has 0 atom stereocenters. The van der Waals surface area contributed by atoms with E-state index < -0.39 is 0 Å². The van der Waals surface area contributed by atoms with Gasteiger partial charge in [-0.05, 0) is 48.4 Å². The van der Waals surface area contributed by atoms with Gasteiger partial charge in [-0.3, -0.25) is 9.88 Å². The molecule has 1 aromatic carbocycles. The topological polar surface area (TPSA) is 58.6 Å². The Morgan fingerprint density at radius 1 is 0.903 bits per heavy atom. The summed E-state index contributed by atoms with van der Waals surface area (Å²) in [5, 5.41) is 1.04. The monoisotopic (exact) mass is 434 g/mol. The number of pyridine rings is 2. The van der Waals surface area contributed by atoms with Gasteiger partial charge < -0.3 is 9.64 Å². The van der Waals surface area contributed by atoms with Crippen LogP contribution in [0.1, 0.15) is 11.3 Å². The number of carbonyl (C=O) groups is 1. The zero-order valence-corrected chi connectivity index (χ0v) is 18.2. The molecular weight excluding hydrogens is 408 g/mol. The number of benzene rings is 1. The third-order valence-corrected chi connectivity index (χ3v) is 6.09. The normalized spacial score (nSPS) is 14.4. The van der Waals surface area contributed by atoms with Crippen LogP contribution in [0, 0.1) is 0 Å². The van der Waals surface area contributed by atoms with Crippen molar-refractivity contribution in [1.82, 2.24) is 19.8 Å². The minimum atomic E-state index is -0.282. The number of nitrogens with zero attached hydrogens (tertiary/aromatic N) is 4. The number of thioether (sulfide) groups is 1. The summed E-state index contributed by atoms with van der Waals surface area (Å²) in [5.74, 6) is 1.54. The van der Waals surface area contributed by atoms with Gasteiger partial charge >= 0.3 is 6.09 Å². The summed E-state index contributed by atoms with van der Waals surface area (Å²) < 4.78 is 5.58. The quantitative estimate of drug-likeness (QED) is 0.521. The molecule has 1 aliphatic heterocycles. The first kappa shape index (κ1) is 21.3. The first-order valence-corrected chi connectivity index (χ1v) is 11.5. The maximum atomic E-state index is 12.5. The van der Waals surface area contributed by atoms with Crippen LogP contribution in [0.2, 0.25) is 0 Å². The number of piperazine rings is 1. The summed E-state index contributed by atoms with van der Waals surface area (Å²) in [7, 11) is 0. The standard InChI is InChI=1S/C24H26N4O2S/c29-24(28-16-14-27(15-17-28)19-21-5-1-3-12-25-21)30-22-9-7-20(8-10-22)11-18-31-23-6-2-4-13-26-23/h1-10,12-13H,11,14-19H2. The second-order valence-electron chi connectivity index (χ2n) is 7.36. The Morgan fingerprint density at radius 2 is 1.65 bits per heavy atom. The third kappa shape index (κ3) is 6.54. The van der Waals surface area contributed by atoms with E-state index in [1.807, 2.05) is 73.1 Å². The zero-order valence-electron chi connectivity index (χ0n) is 17.4. The van der Waals surface area contributed by atoms with E-state index in [-0.39, 0.29) is 6.09 Å². The molecule has 1 aliphatic rings. The first-order chi connectivity index (χ1) is 15.3. The average Bonchev–Trinajstić information content (AvgIpc) is 2.82. The molecule has 0 aliphatic carbocycles. The fraction of sp³-hybridized carbons (Fsp3) is 0.292. The van der Waals surface area contributed by atoms with Gasteiger partial charge in [0.25, 0.3) is 0 Å².